The van der Waals surface area contributed by atoms with Gasteiger partial charge in [0, 0.05) is 29.2 Å². The van der Waals surface area contributed by atoms with Crippen LogP contribution >= 0.6 is 11.6 Å². The van der Waals surface area contributed by atoms with E-state index in [1.807, 2.05) is 6.07 Å². The van der Waals surface area contributed by atoms with Crippen LogP contribution in [0, 0.1) is 0 Å². The minimum absolute atomic E-state index is 0.159. The van der Waals surface area contributed by atoms with Crippen LogP contribution in [0.4, 0.5) is 0 Å². The maximum Gasteiger partial charge on any atom is 0.120 e. The lowest BCUT2D eigenvalue weighted by Gasteiger charge is -2.38. The van der Waals surface area contributed by atoms with Crippen molar-refractivity contribution in [3.63, 3.8) is 0 Å². The molecule has 0 radical (unpaired) electrons. The number of benzene rings is 1. The standard InChI is InChI=1S/C14H21ClN2O/c1-10(16)13-4-2-3-7-17(13)9-11-8-12(15)5-6-14(11)18/h5-6,8,10,13,18H,2-4,7,9,16H2,1H3. The van der Waals surface area contributed by atoms with E-state index in [4.69, 9.17) is 17.3 Å². The topological polar surface area (TPSA) is 49.5 Å². The van der Waals surface area contributed by atoms with Gasteiger partial charge in [0.2, 0.25) is 0 Å². The van der Waals surface area contributed by atoms with Crippen LogP contribution < -0.4 is 5.73 Å². The number of nitrogens with zero attached hydrogens (tertiary/aromatic N) is 1. The highest BCUT2D eigenvalue weighted by Crippen LogP contribution is 2.27. The van der Waals surface area contributed by atoms with Crippen molar-refractivity contribution in [1.29, 1.82) is 0 Å². The van der Waals surface area contributed by atoms with Gasteiger partial charge in [-0.2, -0.15) is 0 Å². The summed E-state index contributed by atoms with van der Waals surface area (Å²) >= 11 is 5.98. The van der Waals surface area contributed by atoms with E-state index in [-0.39, 0.29) is 6.04 Å². The molecule has 1 aliphatic heterocycles. The van der Waals surface area contributed by atoms with Crippen molar-refractivity contribution in [1.82, 2.24) is 4.90 Å². The third-order valence-corrected chi connectivity index (χ3v) is 3.92. The third-order valence-electron chi connectivity index (χ3n) is 3.69. The van der Waals surface area contributed by atoms with E-state index in [2.05, 4.69) is 11.8 Å². The highest BCUT2D eigenvalue weighted by atomic mass is 35.5. The fraction of sp³-hybridized carbons (Fsp3) is 0.571. The molecule has 18 heavy (non-hydrogen) atoms. The summed E-state index contributed by atoms with van der Waals surface area (Å²) in [5.74, 6) is 0.313. The average Bonchev–Trinajstić information content (AvgIpc) is 2.34. The fourth-order valence-corrected chi connectivity index (χ4v) is 2.90. The molecule has 3 N–H and O–H groups in total. The van der Waals surface area contributed by atoms with Crippen LogP contribution in [0.15, 0.2) is 18.2 Å². The van der Waals surface area contributed by atoms with E-state index in [1.54, 1.807) is 12.1 Å². The molecule has 1 saturated heterocycles. The van der Waals surface area contributed by atoms with Crippen LogP contribution in [-0.4, -0.2) is 28.6 Å². The summed E-state index contributed by atoms with van der Waals surface area (Å²) in [6.45, 7) is 3.82. The van der Waals surface area contributed by atoms with E-state index in [0.29, 0.717) is 16.8 Å². The van der Waals surface area contributed by atoms with Crippen LogP contribution in [0.2, 0.25) is 5.02 Å². The number of halogens is 1. The highest BCUT2D eigenvalue weighted by Gasteiger charge is 2.25. The molecule has 1 aromatic carbocycles. The van der Waals surface area contributed by atoms with Gasteiger partial charge in [-0.1, -0.05) is 18.0 Å². The number of phenols is 1. The van der Waals surface area contributed by atoms with Crippen molar-refractivity contribution in [3.05, 3.63) is 28.8 Å². The number of phenolic OH excluding ortho intramolecular Hbond substituents is 1. The second kappa shape index (κ2) is 5.91. The largest absolute Gasteiger partial charge is 0.508 e. The van der Waals surface area contributed by atoms with E-state index in [9.17, 15) is 5.11 Å². The molecule has 2 unspecified atom stereocenters. The molecule has 0 spiro atoms. The smallest absolute Gasteiger partial charge is 0.120 e. The zero-order valence-corrected chi connectivity index (χ0v) is 11.5. The first kappa shape index (κ1) is 13.7. The van der Waals surface area contributed by atoms with Gasteiger partial charge in [0.1, 0.15) is 5.75 Å². The Balaban J connectivity index is 2.13. The Morgan fingerprint density at radius 2 is 2.28 bits per heavy atom. The Morgan fingerprint density at radius 3 is 3.00 bits per heavy atom. The first-order valence-corrected chi connectivity index (χ1v) is 6.93. The monoisotopic (exact) mass is 268 g/mol. The lowest BCUT2D eigenvalue weighted by Crippen LogP contribution is -2.48. The molecular weight excluding hydrogens is 248 g/mol. The number of rotatable bonds is 3. The summed E-state index contributed by atoms with van der Waals surface area (Å²) in [7, 11) is 0. The van der Waals surface area contributed by atoms with Crippen LogP contribution in [0.3, 0.4) is 0 Å². The van der Waals surface area contributed by atoms with Crippen molar-refractivity contribution in [2.75, 3.05) is 6.54 Å². The number of piperidine rings is 1. The molecule has 0 aliphatic carbocycles. The van der Waals surface area contributed by atoms with Crippen LogP contribution in [0.25, 0.3) is 0 Å². The molecule has 1 fully saturated rings. The zero-order chi connectivity index (χ0) is 13.1. The van der Waals surface area contributed by atoms with Gasteiger partial charge in [0.15, 0.2) is 0 Å². The Bertz CT molecular complexity index is 409. The molecule has 3 nitrogen and oxygen atoms in total. The molecule has 0 amide bonds. The number of nitrogens with two attached hydrogens (primary N) is 1. The Morgan fingerprint density at radius 1 is 1.50 bits per heavy atom. The van der Waals surface area contributed by atoms with Crippen LogP contribution in [-0.2, 0) is 6.54 Å². The summed E-state index contributed by atoms with van der Waals surface area (Å²) < 4.78 is 0. The van der Waals surface area contributed by atoms with Gasteiger partial charge >= 0.3 is 0 Å². The number of likely N-dealkylation sites (tertiary alicyclic amines) is 1. The quantitative estimate of drug-likeness (QED) is 0.886. The van der Waals surface area contributed by atoms with Crippen molar-refractivity contribution in [2.45, 2.75) is 44.8 Å². The van der Waals surface area contributed by atoms with Crippen molar-refractivity contribution < 1.29 is 5.11 Å². The maximum atomic E-state index is 9.87. The van der Waals surface area contributed by atoms with E-state index >= 15 is 0 Å². The summed E-state index contributed by atoms with van der Waals surface area (Å²) in [6.07, 6.45) is 3.58. The summed E-state index contributed by atoms with van der Waals surface area (Å²) in [6, 6.07) is 5.76. The van der Waals surface area contributed by atoms with E-state index in [0.717, 1.165) is 25.1 Å². The molecule has 4 heteroatoms. The van der Waals surface area contributed by atoms with Gasteiger partial charge in [0.25, 0.3) is 0 Å². The third kappa shape index (κ3) is 3.16. The molecule has 100 valence electrons. The molecule has 0 saturated carbocycles. The minimum Gasteiger partial charge on any atom is -0.508 e. The average molecular weight is 269 g/mol. The minimum atomic E-state index is 0.159. The van der Waals surface area contributed by atoms with Crippen molar-refractivity contribution >= 4 is 11.6 Å². The lowest BCUT2D eigenvalue weighted by atomic mass is 9.96. The van der Waals surface area contributed by atoms with Gasteiger partial charge in [0.05, 0.1) is 0 Å². The van der Waals surface area contributed by atoms with Gasteiger partial charge < -0.3 is 10.8 Å². The molecule has 1 aromatic rings. The van der Waals surface area contributed by atoms with Gasteiger partial charge in [-0.05, 0) is 44.5 Å². The van der Waals surface area contributed by atoms with E-state index in [1.165, 1.54) is 12.8 Å². The molecule has 0 bridgehead atoms. The van der Waals surface area contributed by atoms with Gasteiger partial charge in [-0.15, -0.1) is 0 Å². The first-order valence-electron chi connectivity index (χ1n) is 6.55. The molecule has 2 atom stereocenters. The Labute approximate surface area is 114 Å². The SMILES string of the molecule is CC(N)C1CCCCN1Cc1cc(Cl)ccc1O. The number of aromatic hydroxyl groups is 1. The lowest BCUT2D eigenvalue weighted by molar-refractivity contribution is 0.122. The predicted octanol–water partition coefficient (Wildman–Crippen LogP) is 2.75. The summed E-state index contributed by atoms with van der Waals surface area (Å²) in [5, 5.41) is 10.5. The van der Waals surface area contributed by atoms with Gasteiger partial charge in [-0.3, -0.25) is 4.90 Å². The zero-order valence-electron chi connectivity index (χ0n) is 10.8. The molecule has 0 aromatic heterocycles. The van der Waals surface area contributed by atoms with Crippen molar-refractivity contribution in [2.24, 2.45) is 5.73 Å². The molecule has 2 rings (SSSR count). The first-order chi connectivity index (χ1) is 8.58. The van der Waals surface area contributed by atoms with Gasteiger partial charge in [-0.25, -0.2) is 0 Å². The Kier molecular flexibility index (Phi) is 4.49. The number of hydrogen-bond donors (Lipinski definition) is 2. The summed E-state index contributed by atoms with van der Waals surface area (Å²) in [5.41, 5.74) is 6.93. The predicted molar refractivity (Wildman–Crippen MR) is 74.8 cm³/mol. The van der Waals surface area contributed by atoms with Crippen molar-refractivity contribution in [3.8, 4) is 5.75 Å². The van der Waals surface area contributed by atoms with E-state index < -0.39 is 0 Å². The molecular formula is C14H21ClN2O. The maximum absolute atomic E-state index is 9.87. The number of hydrogen-bond acceptors (Lipinski definition) is 3. The second-order valence-electron chi connectivity index (χ2n) is 5.17. The second-order valence-corrected chi connectivity index (χ2v) is 5.60. The molecule has 1 heterocycles. The molecule has 1 aliphatic rings. The van der Waals surface area contributed by atoms with Crippen LogP contribution in [0.5, 0.6) is 5.75 Å². The Hall–Kier alpha value is -0.770. The fourth-order valence-electron chi connectivity index (χ4n) is 2.71. The summed E-state index contributed by atoms with van der Waals surface area (Å²) in [4.78, 5) is 2.36. The highest BCUT2D eigenvalue weighted by molar-refractivity contribution is 6.30. The van der Waals surface area contributed by atoms with Crippen LogP contribution in [0.1, 0.15) is 31.7 Å². The normalized spacial score (nSPS) is 22.9.